The van der Waals surface area contributed by atoms with Crippen LogP contribution in [0.4, 0.5) is 0 Å². The fourth-order valence-corrected chi connectivity index (χ4v) is 1.94. The van der Waals surface area contributed by atoms with E-state index in [1.807, 2.05) is 0 Å². The molecule has 70 valence electrons. The van der Waals surface area contributed by atoms with E-state index in [0.29, 0.717) is 6.42 Å². The predicted molar refractivity (Wildman–Crippen MR) is 49.1 cm³/mol. The molecule has 0 aromatic carbocycles. The van der Waals surface area contributed by atoms with Crippen LogP contribution in [0.25, 0.3) is 0 Å². The highest BCUT2D eigenvalue weighted by Crippen LogP contribution is 2.26. The zero-order valence-electron chi connectivity index (χ0n) is 7.05. The van der Waals surface area contributed by atoms with E-state index in [2.05, 4.69) is 0 Å². The van der Waals surface area contributed by atoms with Gasteiger partial charge >= 0.3 is 0 Å². The fraction of sp³-hybridized carbons (Fsp3) is 0.875. The number of halogens is 1. The molecule has 0 spiro atoms. The van der Waals surface area contributed by atoms with Crippen molar-refractivity contribution in [3.8, 4) is 0 Å². The number of Topliss-reactive ketones (excluding diaryl/α,β-unsaturated/α-hetero) is 1. The molecule has 0 bridgehead atoms. The Balaban J connectivity index is 2.72. The molecule has 0 amide bonds. The number of carbonyl (C=O) groups excluding carboxylic acids is 1. The second-order valence-electron chi connectivity index (χ2n) is 3.45. The molecule has 1 aliphatic carbocycles. The van der Waals surface area contributed by atoms with Crippen LogP contribution in [0.2, 0.25) is 0 Å². The van der Waals surface area contributed by atoms with Gasteiger partial charge < -0.3 is 11.5 Å². The van der Waals surface area contributed by atoms with E-state index in [4.69, 9.17) is 23.1 Å². The molecular weight excluding hydrogens is 176 g/mol. The van der Waals surface area contributed by atoms with Crippen molar-refractivity contribution in [2.75, 3.05) is 5.88 Å². The first kappa shape index (κ1) is 9.96. The molecule has 1 fully saturated rings. The van der Waals surface area contributed by atoms with Crippen LogP contribution in [-0.2, 0) is 4.79 Å². The molecule has 0 aromatic rings. The minimum atomic E-state index is -0.847. The molecule has 1 rings (SSSR count). The second kappa shape index (κ2) is 3.73. The molecule has 12 heavy (non-hydrogen) atoms. The maximum Gasteiger partial charge on any atom is 0.168 e. The maximum absolute atomic E-state index is 11.4. The summed E-state index contributed by atoms with van der Waals surface area (Å²) in [6.45, 7) is 0. The van der Waals surface area contributed by atoms with E-state index >= 15 is 0 Å². The number of hydrogen-bond donors (Lipinski definition) is 2. The molecule has 0 aliphatic heterocycles. The van der Waals surface area contributed by atoms with Crippen molar-refractivity contribution in [3.05, 3.63) is 0 Å². The Labute approximate surface area is 77.4 Å². The Morgan fingerprint density at radius 1 is 1.58 bits per heavy atom. The van der Waals surface area contributed by atoms with Crippen molar-refractivity contribution < 1.29 is 4.79 Å². The summed E-state index contributed by atoms with van der Waals surface area (Å²) in [6, 6.07) is -0.211. The van der Waals surface area contributed by atoms with Gasteiger partial charge in [-0.2, -0.15) is 0 Å². The molecule has 4 N–H and O–H groups in total. The topological polar surface area (TPSA) is 69.1 Å². The first-order chi connectivity index (χ1) is 5.61. The van der Waals surface area contributed by atoms with Crippen LogP contribution < -0.4 is 11.5 Å². The number of hydrogen-bond acceptors (Lipinski definition) is 3. The summed E-state index contributed by atoms with van der Waals surface area (Å²) in [5.74, 6) is -0.138. The average molecular weight is 191 g/mol. The van der Waals surface area contributed by atoms with Gasteiger partial charge in [0.05, 0.1) is 11.4 Å². The van der Waals surface area contributed by atoms with Crippen molar-refractivity contribution >= 4 is 17.4 Å². The second-order valence-corrected chi connectivity index (χ2v) is 3.72. The van der Waals surface area contributed by atoms with Gasteiger partial charge in [-0.3, -0.25) is 4.79 Å². The average Bonchev–Trinajstić information content (AvgIpc) is 2.09. The Bertz CT molecular complexity index is 186. The smallest absolute Gasteiger partial charge is 0.168 e. The van der Waals surface area contributed by atoms with Crippen LogP contribution in [0, 0.1) is 0 Å². The Hall–Kier alpha value is -0.120. The lowest BCUT2D eigenvalue weighted by molar-refractivity contribution is -0.123. The number of ketones is 1. The molecule has 0 radical (unpaired) electrons. The van der Waals surface area contributed by atoms with Crippen molar-refractivity contribution in [3.63, 3.8) is 0 Å². The monoisotopic (exact) mass is 190 g/mol. The largest absolute Gasteiger partial charge is 0.326 e. The summed E-state index contributed by atoms with van der Waals surface area (Å²) >= 11 is 5.46. The number of rotatable bonds is 2. The zero-order chi connectivity index (χ0) is 9.19. The van der Waals surface area contributed by atoms with Crippen molar-refractivity contribution in [1.82, 2.24) is 0 Å². The van der Waals surface area contributed by atoms with Crippen molar-refractivity contribution in [2.45, 2.75) is 37.3 Å². The van der Waals surface area contributed by atoms with Gasteiger partial charge in [-0.1, -0.05) is 12.8 Å². The van der Waals surface area contributed by atoms with Crippen molar-refractivity contribution in [1.29, 1.82) is 0 Å². The van der Waals surface area contributed by atoms with Crippen LogP contribution in [0.5, 0.6) is 0 Å². The van der Waals surface area contributed by atoms with E-state index in [9.17, 15) is 4.79 Å². The molecule has 0 aromatic heterocycles. The van der Waals surface area contributed by atoms with Crippen LogP contribution in [0.15, 0.2) is 0 Å². The molecule has 1 aliphatic rings. The first-order valence-corrected chi connectivity index (χ1v) is 4.78. The summed E-state index contributed by atoms with van der Waals surface area (Å²) in [5, 5.41) is 0. The normalized spacial score (nSPS) is 36.4. The molecule has 0 unspecified atom stereocenters. The first-order valence-electron chi connectivity index (χ1n) is 4.25. The van der Waals surface area contributed by atoms with Gasteiger partial charge in [-0.05, 0) is 12.8 Å². The third-order valence-electron chi connectivity index (χ3n) is 2.66. The van der Waals surface area contributed by atoms with Gasteiger partial charge in [0.15, 0.2) is 5.78 Å². The van der Waals surface area contributed by atoms with E-state index in [1.54, 1.807) is 0 Å². The fourth-order valence-electron chi connectivity index (χ4n) is 1.70. The predicted octanol–water partition coefficient (Wildman–Crippen LogP) is 0.393. The highest BCUT2D eigenvalue weighted by Gasteiger charge is 2.40. The summed E-state index contributed by atoms with van der Waals surface area (Å²) in [4.78, 5) is 11.4. The quantitative estimate of drug-likeness (QED) is 0.620. The molecule has 3 nitrogen and oxygen atoms in total. The van der Waals surface area contributed by atoms with Crippen LogP contribution >= 0.6 is 11.6 Å². The maximum atomic E-state index is 11.4. The lowest BCUT2D eigenvalue weighted by Crippen LogP contribution is -2.62. The summed E-state index contributed by atoms with van der Waals surface area (Å²) < 4.78 is 0. The third-order valence-corrected chi connectivity index (χ3v) is 2.90. The summed E-state index contributed by atoms with van der Waals surface area (Å²) in [6.07, 6.45) is 3.56. The highest BCUT2D eigenvalue weighted by molar-refractivity contribution is 6.29. The molecule has 2 atom stereocenters. The minimum absolute atomic E-state index is 0.0236. The zero-order valence-corrected chi connectivity index (χ0v) is 7.81. The number of carbonyl (C=O) groups is 1. The van der Waals surface area contributed by atoms with E-state index in [1.165, 1.54) is 0 Å². The van der Waals surface area contributed by atoms with Crippen LogP contribution in [-0.4, -0.2) is 23.2 Å². The minimum Gasteiger partial charge on any atom is -0.326 e. The third kappa shape index (κ3) is 1.63. The van der Waals surface area contributed by atoms with Crippen molar-refractivity contribution in [2.24, 2.45) is 11.5 Å². The Morgan fingerprint density at radius 2 is 2.25 bits per heavy atom. The SMILES string of the molecule is N[C@H]1CCCC[C@]1(N)C(=O)CCl. The van der Waals surface area contributed by atoms with Gasteiger partial charge in [0.2, 0.25) is 0 Å². The molecule has 1 saturated carbocycles. The lowest BCUT2D eigenvalue weighted by Gasteiger charge is -2.37. The van der Waals surface area contributed by atoms with E-state index in [0.717, 1.165) is 19.3 Å². The van der Waals surface area contributed by atoms with E-state index in [-0.39, 0.29) is 17.7 Å². The van der Waals surface area contributed by atoms with Gasteiger partial charge in [0.25, 0.3) is 0 Å². The molecular formula is C8H15ClN2O. The summed E-state index contributed by atoms with van der Waals surface area (Å²) in [5.41, 5.74) is 10.8. The van der Waals surface area contributed by atoms with Gasteiger partial charge in [0, 0.05) is 6.04 Å². The van der Waals surface area contributed by atoms with Gasteiger partial charge in [0.1, 0.15) is 0 Å². The summed E-state index contributed by atoms with van der Waals surface area (Å²) in [7, 11) is 0. The standard InChI is InChI=1S/C8H15ClN2O/c9-5-7(12)8(11)4-2-1-3-6(8)10/h6H,1-5,10-11H2/t6-,8+/m0/s1. The van der Waals surface area contributed by atoms with Gasteiger partial charge in [-0.15, -0.1) is 11.6 Å². The van der Waals surface area contributed by atoms with Gasteiger partial charge in [-0.25, -0.2) is 0 Å². The number of alkyl halides is 1. The molecule has 4 heteroatoms. The number of nitrogens with two attached hydrogens (primary N) is 2. The molecule has 0 saturated heterocycles. The van der Waals surface area contributed by atoms with Crippen LogP contribution in [0.1, 0.15) is 25.7 Å². The van der Waals surface area contributed by atoms with E-state index < -0.39 is 5.54 Å². The Kier molecular flexibility index (Phi) is 3.09. The van der Waals surface area contributed by atoms with Crippen LogP contribution in [0.3, 0.4) is 0 Å². The molecule has 0 heterocycles. The Morgan fingerprint density at radius 3 is 2.75 bits per heavy atom. The lowest BCUT2D eigenvalue weighted by atomic mass is 9.76. The highest BCUT2D eigenvalue weighted by atomic mass is 35.5.